The van der Waals surface area contributed by atoms with Crippen LogP contribution in [0.2, 0.25) is 0 Å². The van der Waals surface area contributed by atoms with Crippen LogP contribution in [0.3, 0.4) is 0 Å². The Bertz CT molecular complexity index is 911. The predicted octanol–water partition coefficient (Wildman–Crippen LogP) is 2.68. The minimum Gasteiger partial charge on any atom is -0.459 e. The summed E-state index contributed by atoms with van der Waals surface area (Å²) in [6, 6.07) is 20.0. The van der Waals surface area contributed by atoms with E-state index >= 15 is 0 Å². The smallest absolute Gasteiger partial charge is 0.304 e. The van der Waals surface area contributed by atoms with Gasteiger partial charge in [0.25, 0.3) is 5.56 Å². The van der Waals surface area contributed by atoms with Gasteiger partial charge in [-0.2, -0.15) is 5.26 Å². The lowest BCUT2D eigenvalue weighted by atomic mass is 10.1. The number of benzene rings is 2. The first-order valence-corrected chi connectivity index (χ1v) is 7.03. The van der Waals surface area contributed by atoms with E-state index in [0.717, 1.165) is 5.56 Å². The van der Waals surface area contributed by atoms with Gasteiger partial charge in [0, 0.05) is 12.3 Å². The van der Waals surface area contributed by atoms with Crippen molar-refractivity contribution in [1.29, 1.82) is 5.26 Å². The van der Waals surface area contributed by atoms with E-state index < -0.39 is 0 Å². The summed E-state index contributed by atoms with van der Waals surface area (Å²) < 4.78 is 7.11. The van der Waals surface area contributed by atoms with Crippen molar-refractivity contribution in [3.63, 3.8) is 0 Å². The molecule has 1 aromatic heterocycles. The zero-order valence-electron chi connectivity index (χ0n) is 12.2. The molecular weight excluding hydrogens is 290 g/mol. The number of hydrogen-bond donors (Lipinski definition) is 0. The average molecular weight is 303 g/mol. The maximum atomic E-state index is 12.2. The first kappa shape index (κ1) is 14.5. The Morgan fingerprint density at radius 3 is 2.70 bits per heavy atom. The third-order valence-electron chi connectivity index (χ3n) is 3.25. The highest BCUT2D eigenvalue weighted by Crippen LogP contribution is 2.14. The lowest BCUT2D eigenvalue weighted by Crippen LogP contribution is -2.20. The molecular formula is C18H13N3O2. The highest BCUT2D eigenvalue weighted by molar-refractivity contribution is 5.35. The Labute approximate surface area is 133 Å². The maximum Gasteiger partial charge on any atom is 0.304 e. The van der Waals surface area contributed by atoms with E-state index in [-0.39, 0.29) is 18.2 Å². The van der Waals surface area contributed by atoms with Crippen molar-refractivity contribution < 1.29 is 4.74 Å². The Balaban J connectivity index is 1.91. The second-order valence-electron chi connectivity index (χ2n) is 4.84. The van der Waals surface area contributed by atoms with Crippen molar-refractivity contribution in [2.75, 3.05) is 0 Å². The molecule has 0 spiro atoms. The fraction of sp³-hybridized carbons (Fsp3) is 0.0556. The van der Waals surface area contributed by atoms with Crippen molar-refractivity contribution in [3.05, 3.63) is 88.3 Å². The number of aromatic nitrogens is 2. The summed E-state index contributed by atoms with van der Waals surface area (Å²) >= 11 is 0. The Morgan fingerprint density at radius 2 is 1.91 bits per heavy atom. The van der Waals surface area contributed by atoms with Crippen molar-refractivity contribution in [2.24, 2.45) is 0 Å². The number of para-hydroxylation sites is 1. The Morgan fingerprint density at radius 1 is 1.09 bits per heavy atom. The summed E-state index contributed by atoms with van der Waals surface area (Å²) in [5, 5.41) is 8.93. The van der Waals surface area contributed by atoms with Gasteiger partial charge in [-0.3, -0.25) is 4.79 Å². The molecule has 0 bridgehead atoms. The number of nitrogens with zero attached hydrogens (tertiary/aromatic N) is 3. The standard InChI is InChI=1S/C18H13N3O2/c19-12-14-5-4-6-15(11-14)13-23-18-20-10-9-17(22)21(18)16-7-2-1-3-8-16/h1-11H,13H2. The fourth-order valence-corrected chi connectivity index (χ4v) is 2.19. The summed E-state index contributed by atoms with van der Waals surface area (Å²) in [5.74, 6) is 0. The van der Waals surface area contributed by atoms with Gasteiger partial charge in [-0.15, -0.1) is 0 Å². The zero-order valence-corrected chi connectivity index (χ0v) is 12.2. The van der Waals surface area contributed by atoms with Gasteiger partial charge in [-0.25, -0.2) is 9.55 Å². The highest BCUT2D eigenvalue weighted by Gasteiger charge is 2.09. The highest BCUT2D eigenvalue weighted by atomic mass is 16.5. The Hall–Kier alpha value is -3.39. The molecule has 3 rings (SSSR count). The van der Waals surface area contributed by atoms with E-state index in [1.807, 2.05) is 36.4 Å². The molecule has 2 aromatic carbocycles. The molecule has 0 aliphatic rings. The van der Waals surface area contributed by atoms with Crippen molar-refractivity contribution in [2.45, 2.75) is 6.61 Å². The summed E-state index contributed by atoms with van der Waals surface area (Å²) in [4.78, 5) is 16.3. The minimum absolute atomic E-state index is 0.214. The normalized spacial score (nSPS) is 10.0. The molecule has 0 aliphatic carbocycles. The Kier molecular flexibility index (Phi) is 4.16. The third kappa shape index (κ3) is 3.27. The second-order valence-corrected chi connectivity index (χ2v) is 4.84. The number of nitriles is 1. The van der Waals surface area contributed by atoms with E-state index in [2.05, 4.69) is 11.1 Å². The van der Waals surface area contributed by atoms with Crippen molar-refractivity contribution >= 4 is 0 Å². The maximum absolute atomic E-state index is 12.2. The lowest BCUT2D eigenvalue weighted by molar-refractivity contribution is 0.271. The molecule has 112 valence electrons. The van der Waals surface area contributed by atoms with Crippen LogP contribution in [0.15, 0.2) is 71.7 Å². The third-order valence-corrected chi connectivity index (χ3v) is 3.25. The summed E-state index contributed by atoms with van der Waals surface area (Å²) in [6.45, 7) is 0.221. The topological polar surface area (TPSA) is 67.9 Å². The molecule has 0 N–H and O–H groups in total. The first-order chi connectivity index (χ1) is 11.3. The monoisotopic (exact) mass is 303 g/mol. The van der Waals surface area contributed by atoms with Crippen molar-refractivity contribution in [1.82, 2.24) is 9.55 Å². The molecule has 0 amide bonds. The van der Waals surface area contributed by atoms with Crippen LogP contribution in [0.1, 0.15) is 11.1 Å². The van der Waals surface area contributed by atoms with Gasteiger partial charge in [0.1, 0.15) is 6.61 Å². The molecule has 0 fully saturated rings. The summed E-state index contributed by atoms with van der Waals surface area (Å²) in [5.41, 5.74) is 1.87. The van der Waals surface area contributed by atoms with Gasteiger partial charge < -0.3 is 4.74 Å². The van der Waals surface area contributed by atoms with Crippen LogP contribution in [0, 0.1) is 11.3 Å². The molecule has 23 heavy (non-hydrogen) atoms. The van der Waals surface area contributed by atoms with Crippen LogP contribution in [0.25, 0.3) is 5.69 Å². The van der Waals surface area contributed by atoms with Crippen LogP contribution in [0.5, 0.6) is 6.01 Å². The molecule has 0 radical (unpaired) electrons. The van der Waals surface area contributed by atoms with Crippen LogP contribution in [-0.4, -0.2) is 9.55 Å². The zero-order chi connectivity index (χ0) is 16.1. The molecule has 5 heteroatoms. The van der Waals surface area contributed by atoms with Gasteiger partial charge in [-0.1, -0.05) is 30.3 Å². The van der Waals surface area contributed by atoms with Crippen LogP contribution in [-0.2, 0) is 6.61 Å². The second kappa shape index (κ2) is 6.58. The molecule has 0 aliphatic heterocycles. The summed E-state index contributed by atoms with van der Waals surface area (Å²) in [6.07, 6.45) is 1.42. The van der Waals surface area contributed by atoms with E-state index in [1.54, 1.807) is 18.2 Å². The van der Waals surface area contributed by atoms with Gasteiger partial charge in [-0.05, 0) is 29.8 Å². The molecule has 0 atom stereocenters. The molecule has 0 saturated heterocycles. The molecule has 5 nitrogen and oxygen atoms in total. The van der Waals surface area contributed by atoms with Crippen LogP contribution < -0.4 is 10.3 Å². The van der Waals surface area contributed by atoms with Gasteiger partial charge in [0.05, 0.1) is 17.3 Å². The fourth-order valence-electron chi connectivity index (χ4n) is 2.19. The largest absolute Gasteiger partial charge is 0.459 e. The minimum atomic E-state index is -0.216. The average Bonchev–Trinajstić information content (AvgIpc) is 2.61. The predicted molar refractivity (Wildman–Crippen MR) is 85.3 cm³/mol. The van der Waals surface area contributed by atoms with Gasteiger partial charge in [0.2, 0.25) is 0 Å². The summed E-state index contributed by atoms with van der Waals surface area (Å²) in [7, 11) is 0. The van der Waals surface area contributed by atoms with Crippen LogP contribution >= 0.6 is 0 Å². The molecule has 3 aromatic rings. The van der Waals surface area contributed by atoms with Crippen molar-refractivity contribution in [3.8, 4) is 17.8 Å². The first-order valence-electron chi connectivity index (χ1n) is 7.03. The van der Waals surface area contributed by atoms with Crippen LogP contribution in [0.4, 0.5) is 0 Å². The van der Waals surface area contributed by atoms with E-state index in [0.29, 0.717) is 11.3 Å². The number of hydrogen-bond acceptors (Lipinski definition) is 4. The molecule has 1 heterocycles. The number of ether oxygens (including phenoxy) is 1. The molecule has 0 unspecified atom stereocenters. The molecule has 0 saturated carbocycles. The lowest BCUT2D eigenvalue weighted by Gasteiger charge is -2.12. The quantitative estimate of drug-likeness (QED) is 0.743. The van der Waals surface area contributed by atoms with E-state index in [1.165, 1.54) is 16.8 Å². The van der Waals surface area contributed by atoms with Gasteiger partial charge in [0.15, 0.2) is 0 Å². The van der Waals surface area contributed by atoms with E-state index in [4.69, 9.17) is 10.00 Å². The SMILES string of the molecule is N#Cc1cccc(COc2nccc(=O)n2-c2ccccc2)c1. The van der Waals surface area contributed by atoms with Gasteiger partial charge >= 0.3 is 6.01 Å². The number of rotatable bonds is 4. The van der Waals surface area contributed by atoms with E-state index in [9.17, 15) is 4.79 Å².